The topological polar surface area (TPSA) is 83.9 Å². The predicted octanol–water partition coefficient (Wildman–Crippen LogP) is 1.73. The van der Waals surface area contributed by atoms with Crippen LogP contribution < -0.4 is 4.74 Å². The van der Waals surface area contributed by atoms with E-state index in [0.29, 0.717) is 19.5 Å². The molecular weight excluding hydrogens is 294 g/mol. The van der Waals surface area contributed by atoms with E-state index in [-0.39, 0.29) is 16.2 Å². The first-order valence-electron chi connectivity index (χ1n) is 6.43. The highest BCUT2D eigenvalue weighted by atomic mass is 32.2. The van der Waals surface area contributed by atoms with E-state index >= 15 is 0 Å². The van der Waals surface area contributed by atoms with Crippen molar-refractivity contribution in [1.82, 2.24) is 4.31 Å². The molecule has 0 fully saturated rings. The van der Waals surface area contributed by atoms with Crippen LogP contribution in [0.25, 0.3) is 0 Å². The number of ether oxygens (including phenoxy) is 1. The molecule has 0 saturated carbocycles. The molecule has 0 radical (unpaired) electrons. The number of carbonyl (C=O) groups is 1. The molecule has 1 heterocycles. The quantitative estimate of drug-likeness (QED) is 0.856. The lowest BCUT2D eigenvalue weighted by molar-refractivity contribution is 0.0693. The van der Waals surface area contributed by atoms with E-state index < -0.39 is 16.0 Å². The smallest absolute Gasteiger partial charge is 0.339 e. The minimum absolute atomic E-state index is 0.0320. The maximum Gasteiger partial charge on any atom is 0.339 e. The molecule has 1 aromatic rings. The second kappa shape index (κ2) is 5.87. The highest BCUT2D eigenvalue weighted by Gasteiger charge is 2.27. The summed E-state index contributed by atoms with van der Waals surface area (Å²) in [5.41, 5.74) is 0.819. The molecule has 6 nitrogen and oxygen atoms in total. The van der Waals surface area contributed by atoms with Crippen molar-refractivity contribution in [2.45, 2.75) is 18.2 Å². The van der Waals surface area contributed by atoms with Gasteiger partial charge in [-0.15, -0.1) is 0 Å². The summed E-state index contributed by atoms with van der Waals surface area (Å²) in [5.74, 6) is -1.09. The van der Waals surface area contributed by atoms with Gasteiger partial charge in [-0.2, -0.15) is 4.31 Å². The minimum atomic E-state index is -3.70. The van der Waals surface area contributed by atoms with E-state index in [0.717, 1.165) is 11.6 Å². The lowest BCUT2D eigenvalue weighted by Gasteiger charge is -2.25. The molecule has 0 spiro atoms. The summed E-state index contributed by atoms with van der Waals surface area (Å²) in [6.45, 7) is 2.60. The molecule has 0 saturated heterocycles. The van der Waals surface area contributed by atoms with Gasteiger partial charge in [-0.25, -0.2) is 13.2 Å². The summed E-state index contributed by atoms with van der Waals surface area (Å²) in [6, 6.07) is 3.88. The van der Waals surface area contributed by atoms with Gasteiger partial charge in [-0.3, -0.25) is 0 Å². The number of carboxylic acid groups (broad SMARTS) is 1. The number of hydrogen-bond acceptors (Lipinski definition) is 4. The maximum atomic E-state index is 12.6. The van der Waals surface area contributed by atoms with Crippen molar-refractivity contribution in [1.29, 1.82) is 0 Å². The molecule has 1 N–H and O–H groups in total. The molecule has 0 amide bonds. The van der Waals surface area contributed by atoms with Crippen LogP contribution in [0.1, 0.15) is 23.7 Å². The van der Waals surface area contributed by atoms with E-state index in [1.54, 1.807) is 0 Å². The highest BCUT2D eigenvalue weighted by molar-refractivity contribution is 7.89. The van der Waals surface area contributed by atoms with E-state index in [2.05, 4.69) is 0 Å². The minimum Gasteiger partial charge on any atom is -0.496 e. The van der Waals surface area contributed by atoms with Crippen LogP contribution in [0.2, 0.25) is 0 Å². The molecule has 1 aliphatic rings. The third-order valence-corrected chi connectivity index (χ3v) is 5.18. The standard InChI is InChI=1S/C14H17NO5S/c1-10-4-3-7-15(9-10)21(18,19)11-5-6-13(20-2)12(8-11)14(16)17/h4-6,8H,3,7,9H2,1-2H3,(H,16,17). The zero-order chi connectivity index (χ0) is 15.6. The van der Waals surface area contributed by atoms with Gasteiger partial charge in [-0.05, 0) is 31.5 Å². The van der Waals surface area contributed by atoms with Crippen LogP contribution in [-0.2, 0) is 10.0 Å². The average Bonchev–Trinajstić information content (AvgIpc) is 2.46. The van der Waals surface area contributed by atoms with E-state index in [1.165, 1.54) is 23.5 Å². The van der Waals surface area contributed by atoms with Crippen LogP contribution in [0.3, 0.4) is 0 Å². The van der Waals surface area contributed by atoms with Gasteiger partial charge in [-0.1, -0.05) is 11.6 Å². The first kappa shape index (κ1) is 15.5. The van der Waals surface area contributed by atoms with Gasteiger partial charge in [0.05, 0.1) is 12.0 Å². The number of sulfonamides is 1. The Morgan fingerprint density at radius 2 is 2.10 bits per heavy atom. The van der Waals surface area contributed by atoms with Crippen LogP contribution in [-0.4, -0.2) is 44.0 Å². The van der Waals surface area contributed by atoms with Crippen molar-refractivity contribution >= 4 is 16.0 Å². The number of aromatic carboxylic acids is 1. The predicted molar refractivity (Wildman–Crippen MR) is 77.1 cm³/mol. The Morgan fingerprint density at radius 1 is 1.38 bits per heavy atom. The van der Waals surface area contributed by atoms with Gasteiger partial charge in [0.25, 0.3) is 0 Å². The summed E-state index contributed by atoms with van der Waals surface area (Å²) in [4.78, 5) is 11.2. The third kappa shape index (κ3) is 3.08. The van der Waals surface area contributed by atoms with Gasteiger partial charge in [0.1, 0.15) is 11.3 Å². The molecule has 0 bridgehead atoms. The SMILES string of the molecule is COc1ccc(S(=O)(=O)N2CCC=C(C)C2)cc1C(=O)O. The molecule has 0 unspecified atom stereocenters. The second-order valence-corrected chi connectivity index (χ2v) is 6.78. The Balaban J connectivity index is 2.43. The molecule has 0 atom stereocenters. The Bertz CT molecular complexity index is 693. The molecule has 1 aliphatic heterocycles. The van der Waals surface area contributed by atoms with Gasteiger partial charge < -0.3 is 9.84 Å². The van der Waals surface area contributed by atoms with E-state index in [9.17, 15) is 13.2 Å². The Kier molecular flexibility index (Phi) is 4.34. The maximum absolute atomic E-state index is 12.6. The summed E-state index contributed by atoms with van der Waals surface area (Å²) < 4.78 is 31.4. The molecule has 21 heavy (non-hydrogen) atoms. The summed E-state index contributed by atoms with van der Waals surface area (Å²) in [6.07, 6.45) is 2.66. The molecule has 7 heteroatoms. The van der Waals surface area contributed by atoms with Gasteiger partial charge in [0.15, 0.2) is 0 Å². The van der Waals surface area contributed by atoms with Gasteiger partial charge in [0.2, 0.25) is 10.0 Å². The van der Waals surface area contributed by atoms with E-state index in [4.69, 9.17) is 9.84 Å². The van der Waals surface area contributed by atoms with E-state index in [1.807, 2.05) is 13.0 Å². The Hall–Kier alpha value is -1.86. The lowest BCUT2D eigenvalue weighted by Crippen LogP contribution is -2.35. The van der Waals surface area contributed by atoms with Crippen LogP contribution in [0.5, 0.6) is 5.75 Å². The molecule has 1 aromatic carbocycles. The van der Waals surface area contributed by atoms with Crippen LogP contribution in [0.4, 0.5) is 0 Å². The number of nitrogens with zero attached hydrogens (tertiary/aromatic N) is 1. The third-order valence-electron chi connectivity index (χ3n) is 3.34. The Morgan fingerprint density at radius 3 is 2.67 bits per heavy atom. The molecule has 0 aromatic heterocycles. The number of carboxylic acids is 1. The number of rotatable bonds is 4. The zero-order valence-electron chi connectivity index (χ0n) is 11.9. The highest BCUT2D eigenvalue weighted by Crippen LogP contribution is 2.26. The monoisotopic (exact) mass is 311 g/mol. The first-order chi connectivity index (χ1) is 9.86. The van der Waals surface area contributed by atoms with Crippen molar-refractivity contribution < 1.29 is 23.1 Å². The normalized spacial score (nSPS) is 16.4. The second-order valence-electron chi connectivity index (χ2n) is 4.84. The van der Waals surface area contributed by atoms with Crippen molar-refractivity contribution in [3.63, 3.8) is 0 Å². The van der Waals surface area contributed by atoms with Gasteiger partial charge >= 0.3 is 5.97 Å². The van der Waals surface area contributed by atoms with Crippen molar-refractivity contribution in [3.05, 3.63) is 35.4 Å². The fourth-order valence-corrected chi connectivity index (χ4v) is 3.77. The Labute approximate surface area is 123 Å². The van der Waals surface area contributed by atoms with Crippen LogP contribution >= 0.6 is 0 Å². The van der Waals surface area contributed by atoms with Crippen molar-refractivity contribution in [3.8, 4) is 5.75 Å². The molecule has 2 rings (SSSR count). The summed E-state index contributed by atoms with van der Waals surface area (Å²) in [7, 11) is -2.36. The summed E-state index contributed by atoms with van der Waals surface area (Å²) in [5, 5.41) is 9.14. The average molecular weight is 311 g/mol. The molecular formula is C14H17NO5S. The number of methoxy groups -OCH3 is 1. The number of hydrogen-bond donors (Lipinski definition) is 1. The first-order valence-corrected chi connectivity index (χ1v) is 7.87. The number of benzene rings is 1. The zero-order valence-corrected chi connectivity index (χ0v) is 12.7. The van der Waals surface area contributed by atoms with Crippen molar-refractivity contribution in [2.24, 2.45) is 0 Å². The fourth-order valence-electron chi connectivity index (χ4n) is 2.25. The fraction of sp³-hybridized carbons (Fsp3) is 0.357. The van der Waals surface area contributed by atoms with Crippen LogP contribution in [0, 0.1) is 0 Å². The lowest BCUT2D eigenvalue weighted by atomic mass is 10.2. The van der Waals surface area contributed by atoms with Crippen LogP contribution in [0.15, 0.2) is 34.7 Å². The van der Waals surface area contributed by atoms with Gasteiger partial charge in [0, 0.05) is 13.1 Å². The largest absolute Gasteiger partial charge is 0.496 e. The molecule has 0 aliphatic carbocycles. The van der Waals surface area contributed by atoms with Crippen molar-refractivity contribution in [2.75, 3.05) is 20.2 Å². The summed E-state index contributed by atoms with van der Waals surface area (Å²) >= 11 is 0. The molecule has 114 valence electrons.